The van der Waals surface area contributed by atoms with Crippen LogP contribution in [0.5, 0.6) is 5.75 Å². The van der Waals surface area contributed by atoms with Crippen LogP contribution in [0, 0.1) is 0 Å². The van der Waals surface area contributed by atoms with E-state index in [1.807, 2.05) is 48.5 Å². The molecule has 0 atom stereocenters. The van der Waals surface area contributed by atoms with E-state index >= 15 is 0 Å². The second-order valence-corrected chi connectivity index (χ2v) is 6.25. The highest BCUT2D eigenvalue weighted by Crippen LogP contribution is 2.34. The van der Waals surface area contributed by atoms with Crippen molar-refractivity contribution in [3.63, 3.8) is 0 Å². The zero-order chi connectivity index (χ0) is 18.8. The molecular weight excluding hydrogens is 340 g/mol. The maximum atomic E-state index is 12.7. The first-order chi connectivity index (χ1) is 13.2. The van der Waals surface area contributed by atoms with Gasteiger partial charge in [0.15, 0.2) is 0 Å². The average molecular weight is 358 g/mol. The van der Waals surface area contributed by atoms with E-state index in [0.717, 1.165) is 16.8 Å². The predicted molar refractivity (Wildman–Crippen MR) is 104 cm³/mol. The summed E-state index contributed by atoms with van der Waals surface area (Å²) in [5, 5.41) is 2.86. The molecule has 0 unspecified atom stereocenters. The number of nitrogens with zero attached hydrogens (tertiary/aromatic N) is 1. The molecular formula is C22H18N2O3. The minimum atomic E-state index is -0.216. The zero-order valence-corrected chi connectivity index (χ0v) is 14.8. The Kier molecular flexibility index (Phi) is 4.34. The van der Waals surface area contributed by atoms with Crippen molar-refractivity contribution in [3.05, 3.63) is 89.5 Å². The van der Waals surface area contributed by atoms with Crippen molar-refractivity contribution >= 4 is 23.2 Å². The van der Waals surface area contributed by atoms with Crippen LogP contribution in [0.25, 0.3) is 0 Å². The third-order valence-corrected chi connectivity index (χ3v) is 4.60. The Balaban J connectivity index is 1.59. The van der Waals surface area contributed by atoms with Gasteiger partial charge in [0.1, 0.15) is 5.75 Å². The summed E-state index contributed by atoms with van der Waals surface area (Å²) in [5.41, 5.74) is 3.57. The number of ether oxygens (including phenoxy) is 1. The average Bonchev–Trinajstić information content (AvgIpc) is 3.06. The van der Waals surface area contributed by atoms with Crippen LogP contribution < -0.4 is 15.0 Å². The number of anilines is 2. The lowest BCUT2D eigenvalue weighted by atomic mass is 10.1. The van der Waals surface area contributed by atoms with Crippen LogP contribution in [0.2, 0.25) is 0 Å². The summed E-state index contributed by atoms with van der Waals surface area (Å²) in [6, 6.07) is 21.9. The smallest absolute Gasteiger partial charge is 0.258 e. The fraction of sp³-hybridized carbons (Fsp3) is 0.0909. The van der Waals surface area contributed by atoms with E-state index in [9.17, 15) is 9.59 Å². The molecule has 0 spiro atoms. The minimum absolute atomic E-state index is 0.0336. The lowest BCUT2D eigenvalue weighted by Crippen LogP contribution is -2.23. The molecule has 0 aromatic heterocycles. The van der Waals surface area contributed by atoms with Gasteiger partial charge in [0.05, 0.1) is 19.3 Å². The highest BCUT2D eigenvalue weighted by Gasteiger charge is 2.28. The largest absolute Gasteiger partial charge is 0.494 e. The molecule has 3 aromatic carbocycles. The van der Waals surface area contributed by atoms with Crippen LogP contribution in [-0.4, -0.2) is 18.9 Å². The number of nitrogens with one attached hydrogen (secondary N) is 1. The summed E-state index contributed by atoms with van der Waals surface area (Å²) in [4.78, 5) is 26.8. The molecule has 27 heavy (non-hydrogen) atoms. The van der Waals surface area contributed by atoms with Gasteiger partial charge in [-0.2, -0.15) is 0 Å². The molecule has 134 valence electrons. The Hall–Kier alpha value is -3.60. The summed E-state index contributed by atoms with van der Waals surface area (Å²) >= 11 is 0. The highest BCUT2D eigenvalue weighted by molar-refractivity contribution is 6.10. The van der Waals surface area contributed by atoms with Crippen molar-refractivity contribution < 1.29 is 14.3 Å². The lowest BCUT2D eigenvalue weighted by molar-refractivity contribution is 0.0994. The van der Waals surface area contributed by atoms with Gasteiger partial charge in [-0.05, 0) is 35.9 Å². The predicted octanol–water partition coefficient (Wildman–Crippen LogP) is 4.11. The highest BCUT2D eigenvalue weighted by atomic mass is 16.5. The van der Waals surface area contributed by atoms with Gasteiger partial charge in [0.2, 0.25) is 0 Å². The molecule has 1 N–H and O–H groups in total. The molecule has 1 aliphatic rings. The van der Waals surface area contributed by atoms with Gasteiger partial charge in [-0.1, -0.05) is 36.4 Å². The second-order valence-electron chi connectivity index (χ2n) is 6.25. The Morgan fingerprint density at radius 1 is 1.00 bits per heavy atom. The fourth-order valence-corrected chi connectivity index (χ4v) is 3.20. The minimum Gasteiger partial charge on any atom is -0.494 e. The second kappa shape index (κ2) is 6.96. The quantitative estimate of drug-likeness (QED) is 0.764. The first kappa shape index (κ1) is 16.8. The maximum absolute atomic E-state index is 12.7. The van der Waals surface area contributed by atoms with Gasteiger partial charge in [-0.25, -0.2) is 0 Å². The van der Waals surface area contributed by atoms with Gasteiger partial charge in [-0.3, -0.25) is 9.59 Å². The topological polar surface area (TPSA) is 58.6 Å². The molecule has 0 aliphatic carbocycles. The number of fused-ring (bicyclic) bond motifs is 1. The van der Waals surface area contributed by atoms with E-state index < -0.39 is 0 Å². The number of carbonyl (C=O) groups excluding carboxylic acids is 2. The van der Waals surface area contributed by atoms with Gasteiger partial charge < -0.3 is 15.0 Å². The molecule has 0 radical (unpaired) electrons. The Labute approximate surface area is 157 Å². The summed E-state index contributed by atoms with van der Waals surface area (Å²) in [6.45, 7) is 0.522. The number of rotatable bonds is 4. The van der Waals surface area contributed by atoms with E-state index in [1.54, 1.807) is 29.2 Å². The summed E-state index contributed by atoms with van der Waals surface area (Å²) in [7, 11) is 1.54. The third kappa shape index (κ3) is 3.15. The monoisotopic (exact) mass is 358 g/mol. The van der Waals surface area contributed by atoms with Crippen molar-refractivity contribution in [2.24, 2.45) is 0 Å². The van der Waals surface area contributed by atoms with Crippen molar-refractivity contribution in [1.82, 2.24) is 0 Å². The Morgan fingerprint density at radius 2 is 1.74 bits per heavy atom. The van der Waals surface area contributed by atoms with Crippen LogP contribution in [0.1, 0.15) is 26.3 Å². The van der Waals surface area contributed by atoms with E-state index in [1.165, 1.54) is 7.11 Å². The fourth-order valence-electron chi connectivity index (χ4n) is 3.20. The maximum Gasteiger partial charge on any atom is 0.258 e. The van der Waals surface area contributed by atoms with E-state index in [2.05, 4.69) is 5.32 Å². The molecule has 0 bridgehead atoms. The van der Waals surface area contributed by atoms with Crippen molar-refractivity contribution in [2.75, 3.05) is 17.3 Å². The first-order valence-corrected chi connectivity index (χ1v) is 8.61. The Morgan fingerprint density at radius 3 is 2.48 bits per heavy atom. The normalized spacial score (nSPS) is 12.6. The van der Waals surface area contributed by atoms with Crippen LogP contribution in [-0.2, 0) is 6.54 Å². The molecule has 0 saturated carbocycles. The van der Waals surface area contributed by atoms with Crippen LogP contribution in [0.4, 0.5) is 11.4 Å². The third-order valence-electron chi connectivity index (χ3n) is 4.60. The summed E-state index contributed by atoms with van der Waals surface area (Å²) in [5.74, 6) is 0.251. The van der Waals surface area contributed by atoms with Crippen molar-refractivity contribution in [3.8, 4) is 5.75 Å². The number of amides is 2. The van der Waals surface area contributed by atoms with Crippen LogP contribution >= 0.6 is 0 Å². The molecule has 5 heteroatoms. The zero-order valence-electron chi connectivity index (χ0n) is 14.8. The first-order valence-electron chi connectivity index (χ1n) is 8.61. The summed E-state index contributed by atoms with van der Waals surface area (Å²) < 4.78 is 5.44. The lowest BCUT2D eigenvalue weighted by Gasteiger charge is -2.18. The molecule has 4 rings (SSSR count). The molecule has 1 heterocycles. The van der Waals surface area contributed by atoms with E-state index in [0.29, 0.717) is 23.5 Å². The molecule has 1 aliphatic heterocycles. The standard InChI is InChI=1S/C22H18N2O3/c1-27-20-13-17(24-14-16-9-5-6-10-18(16)22(24)26)11-12-19(20)23-21(25)15-7-3-2-4-8-15/h2-13H,14H2,1H3,(H,23,25). The van der Waals surface area contributed by atoms with E-state index in [-0.39, 0.29) is 11.8 Å². The SMILES string of the molecule is COc1cc(N2Cc3ccccc3C2=O)ccc1NC(=O)c1ccccc1. The number of hydrogen-bond acceptors (Lipinski definition) is 3. The van der Waals surface area contributed by atoms with Crippen molar-refractivity contribution in [2.45, 2.75) is 6.54 Å². The number of hydrogen-bond donors (Lipinski definition) is 1. The van der Waals surface area contributed by atoms with Gasteiger partial charge in [-0.15, -0.1) is 0 Å². The molecule has 2 amide bonds. The molecule has 5 nitrogen and oxygen atoms in total. The summed E-state index contributed by atoms with van der Waals surface area (Å²) in [6.07, 6.45) is 0. The Bertz CT molecular complexity index is 1020. The number of methoxy groups -OCH3 is 1. The number of carbonyl (C=O) groups is 2. The van der Waals surface area contributed by atoms with Gasteiger partial charge in [0.25, 0.3) is 11.8 Å². The van der Waals surface area contributed by atoms with Crippen LogP contribution in [0.3, 0.4) is 0 Å². The van der Waals surface area contributed by atoms with Gasteiger partial charge >= 0.3 is 0 Å². The number of benzene rings is 3. The molecule has 3 aromatic rings. The van der Waals surface area contributed by atoms with Crippen LogP contribution in [0.15, 0.2) is 72.8 Å². The van der Waals surface area contributed by atoms with Gasteiger partial charge in [0, 0.05) is 22.9 Å². The molecule has 0 fully saturated rings. The van der Waals surface area contributed by atoms with Crippen molar-refractivity contribution in [1.29, 1.82) is 0 Å². The molecule has 0 saturated heterocycles. The van der Waals surface area contributed by atoms with E-state index in [4.69, 9.17) is 4.74 Å².